The fourth-order valence-electron chi connectivity index (χ4n) is 1.57. The van der Waals surface area contributed by atoms with Crippen LogP contribution in [0.2, 0.25) is 0 Å². The van der Waals surface area contributed by atoms with Gasteiger partial charge in [0.2, 0.25) is 12.3 Å². The number of halogens is 2. The molecular formula is C8H14F2N2O. The van der Waals surface area contributed by atoms with Crippen molar-refractivity contribution in [2.24, 2.45) is 11.7 Å². The van der Waals surface area contributed by atoms with Crippen molar-refractivity contribution in [1.29, 1.82) is 0 Å². The van der Waals surface area contributed by atoms with E-state index in [4.69, 9.17) is 5.73 Å². The van der Waals surface area contributed by atoms with Crippen LogP contribution < -0.4 is 5.73 Å². The van der Waals surface area contributed by atoms with Gasteiger partial charge in [0.25, 0.3) is 0 Å². The van der Waals surface area contributed by atoms with Crippen LogP contribution in [0.3, 0.4) is 0 Å². The van der Waals surface area contributed by atoms with E-state index in [1.54, 1.807) is 0 Å². The summed E-state index contributed by atoms with van der Waals surface area (Å²) in [5.74, 6) is -0.894. The summed E-state index contributed by atoms with van der Waals surface area (Å²) in [6.45, 7) is 0.642. The van der Waals surface area contributed by atoms with Gasteiger partial charge in [-0.15, -0.1) is 0 Å². The number of nitrogens with zero attached hydrogens (tertiary/aromatic N) is 1. The molecule has 1 heterocycles. The molecular weight excluding hydrogens is 178 g/mol. The third-order valence-corrected chi connectivity index (χ3v) is 2.34. The fraction of sp³-hybridized carbons (Fsp3) is 0.875. The fourth-order valence-corrected chi connectivity index (χ4v) is 1.57. The van der Waals surface area contributed by atoms with Crippen LogP contribution in [0, 0.1) is 5.92 Å². The predicted octanol–water partition coefficient (Wildman–Crippen LogP) is 0.449. The molecule has 0 aromatic heterocycles. The van der Waals surface area contributed by atoms with Gasteiger partial charge in [-0.2, -0.15) is 0 Å². The molecule has 0 saturated carbocycles. The standard InChI is InChI=1S/C8H14F2N2O/c9-8(10)6-2-1-3-12(5-6)7(13)4-11/h6,8H,1-5,11H2. The molecule has 76 valence electrons. The van der Waals surface area contributed by atoms with Crippen LogP contribution in [0.5, 0.6) is 0 Å². The van der Waals surface area contributed by atoms with E-state index in [1.165, 1.54) is 4.90 Å². The monoisotopic (exact) mass is 192 g/mol. The predicted molar refractivity (Wildman–Crippen MR) is 44.4 cm³/mol. The number of likely N-dealkylation sites (tertiary alicyclic amines) is 1. The molecule has 0 aromatic rings. The lowest BCUT2D eigenvalue weighted by molar-refractivity contribution is -0.132. The highest BCUT2D eigenvalue weighted by Crippen LogP contribution is 2.22. The number of carbonyl (C=O) groups excluding carboxylic acids is 1. The second-order valence-corrected chi connectivity index (χ2v) is 3.28. The lowest BCUT2D eigenvalue weighted by atomic mass is 9.98. The maximum atomic E-state index is 12.3. The average molecular weight is 192 g/mol. The summed E-state index contributed by atoms with van der Waals surface area (Å²) in [5.41, 5.74) is 5.15. The minimum atomic E-state index is -2.33. The molecule has 1 rings (SSSR count). The maximum absolute atomic E-state index is 12.3. The van der Waals surface area contributed by atoms with Gasteiger partial charge in [-0.1, -0.05) is 0 Å². The van der Waals surface area contributed by atoms with Crippen molar-refractivity contribution in [3.8, 4) is 0 Å². The number of alkyl halides is 2. The van der Waals surface area contributed by atoms with Crippen LogP contribution in [0.1, 0.15) is 12.8 Å². The van der Waals surface area contributed by atoms with Gasteiger partial charge >= 0.3 is 0 Å². The van der Waals surface area contributed by atoms with E-state index in [9.17, 15) is 13.6 Å². The molecule has 1 saturated heterocycles. The molecule has 1 aliphatic heterocycles. The zero-order chi connectivity index (χ0) is 9.84. The first-order chi connectivity index (χ1) is 6.15. The lowest BCUT2D eigenvalue weighted by Crippen LogP contribution is -2.44. The Hall–Kier alpha value is -0.710. The second-order valence-electron chi connectivity index (χ2n) is 3.28. The Kier molecular flexibility index (Phi) is 3.59. The zero-order valence-electron chi connectivity index (χ0n) is 7.38. The van der Waals surface area contributed by atoms with Crippen LogP contribution >= 0.6 is 0 Å². The van der Waals surface area contributed by atoms with Gasteiger partial charge in [0.05, 0.1) is 6.54 Å². The molecule has 0 aliphatic carbocycles. The Balaban J connectivity index is 2.46. The van der Waals surface area contributed by atoms with Crippen molar-refractivity contribution in [3.05, 3.63) is 0 Å². The van der Waals surface area contributed by atoms with E-state index in [-0.39, 0.29) is 19.0 Å². The molecule has 0 spiro atoms. The van der Waals surface area contributed by atoms with Crippen molar-refractivity contribution in [2.45, 2.75) is 19.3 Å². The number of piperidine rings is 1. The molecule has 0 bridgehead atoms. The van der Waals surface area contributed by atoms with Gasteiger partial charge < -0.3 is 10.6 Å². The van der Waals surface area contributed by atoms with Crippen LogP contribution in [-0.2, 0) is 4.79 Å². The third kappa shape index (κ3) is 2.62. The minimum absolute atomic E-state index is 0.0873. The molecule has 1 aliphatic rings. The van der Waals surface area contributed by atoms with E-state index in [1.807, 2.05) is 0 Å². The molecule has 1 amide bonds. The molecule has 2 N–H and O–H groups in total. The Morgan fingerprint density at radius 2 is 2.31 bits per heavy atom. The van der Waals surface area contributed by atoms with Crippen molar-refractivity contribution in [2.75, 3.05) is 19.6 Å². The van der Waals surface area contributed by atoms with Gasteiger partial charge in [0.1, 0.15) is 0 Å². The van der Waals surface area contributed by atoms with E-state index in [0.717, 1.165) is 0 Å². The Bertz CT molecular complexity index is 187. The second kappa shape index (κ2) is 4.50. The smallest absolute Gasteiger partial charge is 0.243 e. The van der Waals surface area contributed by atoms with Crippen LogP contribution in [0.15, 0.2) is 0 Å². The Morgan fingerprint density at radius 1 is 1.62 bits per heavy atom. The zero-order valence-corrected chi connectivity index (χ0v) is 7.38. The van der Waals surface area contributed by atoms with Crippen LogP contribution in [0.25, 0.3) is 0 Å². The van der Waals surface area contributed by atoms with Gasteiger partial charge in [-0.3, -0.25) is 4.79 Å². The van der Waals surface area contributed by atoms with Gasteiger partial charge in [-0.05, 0) is 12.8 Å². The number of hydrogen-bond acceptors (Lipinski definition) is 2. The summed E-state index contributed by atoms with van der Waals surface area (Å²) in [4.78, 5) is 12.5. The summed E-state index contributed by atoms with van der Waals surface area (Å²) in [5, 5.41) is 0. The number of rotatable bonds is 2. The Labute approximate surface area is 75.9 Å². The van der Waals surface area contributed by atoms with E-state index >= 15 is 0 Å². The first-order valence-electron chi connectivity index (χ1n) is 4.41. The molecule has 5 heteroatoms. The van der Waals surface area contributed by atoms with Crippen LogP contribution in [0.4, 0.5) is 8.78 Å². The van der Waals surface area contributed by atoms with Crippen molar-refractivity contribution >= 4 is 5.91 Å². The molecule has 1 atom stereocenters. The van der Waals surface area contributed by atoms with E-state index in [2.05, 4.69) is 0 Å². The van der Waals surface area contributed by atoms with Gasteiger partial charge in [0.15, 0.2) is 0 Å². The summed E-state index contributed by atoms with van der Waals surface area (Å²) < 4.78 is 24.6. The van der Waals surface area contributed by atoms with Crippen LogP contribution in [-0.4, -0.2) is 36.9 Å². The number of carbonyl (C=O) groups is 1. The number of hydrogen-bond donors (Lipinski definition) is 1. The summed E-state index contributed by atoms with van der Waals surface area (Å²) in [7, 11) is 0. The lowest BCUT2D eigenvalue weighted by Gasteiger charge is -2.32. The number of nitrogens with two attached hydrogens (primary N) is 1. The van der Waals surface area contributed by atoms with Gasteiger partial charge in [0, 0.05) is 19.0 Å². The van der Waals surface area contributed by atoms with E-state index < -0.39 is 12.3 Å². The minimum Gasteiger partial charge on any atom is -0.341 e. The first-order valence-corrected chi connectivity index (χ1v) is 4.41. The van der Waals surface area contributed by atoms with Crippen molar-refractivity contribution < 1.29 is 13.6 Å². The summed E-state index contributed by atoms with van der Waals surface area (Å²) in [6.07, 6.45) is -1.17. The average Bonchev–Trinajstić information content (AvgIpc) is 2.17. The first kappa shape index (κ1) is 10.4. The maximum Gasteiger partial charge on any atom is 0.243 e. The largest absolute Gasteiger partial charge is 0.341 e. The molecule has 3 nitrogen and oxygen atoms in total. The third-order valence-electron chi connectivity index (χ3n) is 2.34. The number of amides is 1. The molecule has 0 aromatic carbocycles. The molecule has 1 fully saturated rings. The molecule has 1 unspecified atom stereocenters. The highest BCUT2D eigenvalue weighted by molar-refractivity contribution is 5.78. The highest BCUT2D eigenvalue weighted by Gasteiger charge is 2.28. The summed E-state index contributed by atoms with van der Waals surface area (Å²) in [6, 6.07) is 0. The quantitative estimate of drug-likeness (QED) is 0.690. The van der Waals surface area contributed by atoms with Crippen molar-refractivity contribution in [3.63, 3.8) is 0 Å². The van der Waals surface area contributed by atoms with Crippen molar-refractivity contribution in [1.82, 2.24) is 4.90 Å². The van der Waals surface area contributed by atoms with Gasteiger partial charge in [-0.25, -0.2) is 8.78 Å². The SMILES string of the molecule is NCC(=O)N1CCCC(C(F)F)C1. The summed E-state index contributed by atoms with van der Waals surface area (Å²) >= 11 is 0. The molecule has 13 heavy (non-hydrogen) atoms. The van der Waals surface area contributed by atoms with E-state index in [0.29, 0.717) is 19.4 Å². The topological polar surface area (TPSA) is 46.3 Å². The molecule has 0 radical (unpaired) electrons. The highest BCUT2D eigenvalue weighted by atomic mass is 19.3. The Morgan fingerprint density at radius 3 is 2.85 bits per heavy atom. The normalized spacial score (nSPS) is 23.7.